The number of rotatable bonds is 4. The first-order valence-electron chi connectivity index (χ1n) is 6.46. The lowest BCUT2D eigenvalue weighted by Crippen LogP contribution is -2.48. The van der Waals surface area contributed by atoms with Crippen LogP contribution in [0, 0.1) is 17.8 Å². The molecular weight excluding hydrogens is 218 g/mol. The second-order valence-corrected chi connectivity index (χ2v) is 5.44. The van der Waals surface area contributed by atoms with E-state index < -0.39 is 12.0 Å². The number of amides is 1. The van der Waals surface area contributed by atoms with E-state index in [0.717, 1.165) is 19.3 Å². The highest BCUT2D eigenvalue weighted by molar-refractivity contribution is 5.85. The first-order valence-corrected chi connectivity index (χ1v) is 6.46. The van der Waals surface area contributed by atoms with Crippen LogP contribution in [-0.4, -0.2) is 23.0 Å². The Balaban J connectivity index is 2.60. The molecular formula is C13H23NO3. The van der Waals surface area contributed by atoms with E-state index >= 15 is 0 Å². The number of hydrogen-bond acceptors (Lipinski definition) is 2. The smallest absolute Gasteiger partial charge is 0.326 e. The number of carbonyl (C=O) groups excluding carboxylic acids is 1. The Morgan fingerprint density at radius 3 is 2.29 bits per heavy atom. The van der Waals surface area contributed by atoms with Gasteiger partial charge >= 0.3 is 5.97 Å². The van der Waals surface area contributed by atoms with E-state index in [4.69, 9.17) is 5.11 Å². The lowest BCUT2D eigenvalue weighted by Gasteiger charge is -2.29. The summed E-state index contributed by atoms with van der Waals surface area (Å²) in [6.45, 7) is 5.70. The Labute approximate surface area is 103 Å². The number of carbonyl (C=O) groups is 2. The van der Waals surface area contributed by atoms with Crippen LogP contribution in [0.15, 0.2) is 0 Å². The third-order valence-electron chi connectivity index (χ3n) is 3.68. The standard InChI is InChI=1S/C13H23NO3/c1-8(2)11(13(16)17)14-12(15)10-7-5-4-6-9(10)3/h8-11H,4-7H2,1-3H3,(H,14,15)(H,16,17)/t9-,10+,11+/m1/s1. The van der Waals surface area contributed by atoms with Gasteiger partial charge in [0.25, 0.3) is 0 Å². The van der Waals surface area contributed by atoms with Crippen molar-refractivity contribution in [3.8, 4) is 0 Å². The Hall–Kier alpha value is -1.06. The van der Waals surface area contributed by atoms with Crippen LogP contribution in [0.25, 0.3) is 0 Å². The molecule has 2 N–H and O–H groups in total. The van der Waals surface area contributed by atoms with Crippen LogP contribution in [0.4, 0.5) is 0 Å². The molecule has 3 atom stereocenters. The molecule has 0 aromatic rings. The van der Waals surface area contributed by atoms with E-state index in [0.29, 0.717) is 5.92 Å². The molecule has 0 bridgehead atoms. The predicted molar refractivity (Wildman–Crippen MR) is 65.5 cm³/mol. The molecule has 0 aliphatic heterocycles. The van der Waals surface area contributed by atoms with Crippen molar-refractivity contribution < 1.29 is 14.7 Å². The van der Waals surface area contributed by atoms with Crippen LogP contribution < -0.4 is 5.32 Å². The van der Waals surface area contributed by atoms with Gasteiger partial charge in [0.2, 0.25) is 5.91 Å². The fourth-order valence-electron chi connectivity index (χ4n) is 2.48. The highest BCUT2D eigenvalue weighted by atomic mass is 16.4. The van der Waals surface area contributed by atoms with Crippen molar-refractivity contribution in [3.63, 3.8) is 0 Å². The summed E-state index contributed by atoms with van der Waals surface area (Å²) in [5.74, 6) is -0.764. The van der Waals surface area contributed by atoms with Crippen molar-refractivity contribution in [1.29, 1.82) is 0 Å². The van der Waals surface area contributed by atoms with Crippen LogP contribution in [-0.2, 0) is 9.59 Å². The van der Waals surface area contributed by atoms with E-state index in [-0.39, 0.29) is 17.7 Å². The second kappa shape index (κ2) is 6.03. The Morgan fingerprint density at radius 2 is 1.82 bits per heavy atom. The van der Waals surface area contributed by atoms with Gasteiger partial charge in [0.1, 0.15) is 6.04 Å². The molecule has 1 aliphatic carbocycles. The van der Waals surface area contributed by atoms with Gasteiger partial charge in [-0.15, -0.1) is 0 Å². The molecule has 0 heterocycles. The highest BCUT2D eigenvalue weighted by Crippen LogP contribution is 2.29. The van der Waals surface area contributed by atoms with Gasteiger partial charge in [-0.1, -0.05) is 33.6 Å². The summed E-state index contributed by atoms with van der Waals surface area (Å²) in [4.78, 5) is 23.1. The molecule has 98 valence electrons. The summed E-state index contributed by atoms with van der Waals surface area (Å²) in [6.07, 6.45) is 4.20. The Bertz CT molecular complexity index is 288. The third kappa shape index (κ3) is 3.72. The average molecular weight is 241 g/mol. The summed E-state index contributed by atoms with van der Waals surface area (Å²) >= 11 is 0. The molecule has 17 heavy (non-hydrogen) atoms. The number of carboxylic acid groups (broad SMARTS) is 1. The molecule has 0 unspecified atom stereocenters. The Morgan fingerprint density at radius 1 is 1.24 bits per heavy atom. The molecule has 1 fully saturated rings. The Kier molecular flexibility index (Phi) is 4.97. The van der Waals surface area contributed by atoms with Crippen molar-refractivity contribution in [2.75, 3.05) is 0 Å². The van der Waals surface area contributed by atoms with Gasteiger partial charge in [0.05, 0.1) is 0 Å². The zero-order valence-corrected chi connectivity index (χ0v) is 10.9. The fraction of sp³-hybridized carbons (Fsp3) is 0.846. The predicted octanol–water partition coefficient (Wildman–Crippen LogP) is 2.04. The molecule has 1 aliphatic rings. The van der Waals surface area contributed by atoms with Crippen LogP contribution in [0.3, 0.4) is 0 Å². The van der Waals surface area contributed by atoms with E-state index in [1.165, 1.54) is 6.42 Å². The van der Waals surface area contributed by atoms with Crippen LogP contribution in [0.2, 0.25) is 0 Å². The fourth-order valence-corrected chi connectivity index (χ4v) is 2.48. The van der Waals surface area contributed by atoms with Crippen LogP contribution in [0.1, 0.15) is 46.5 Å². The van der Waals surface area contributed by atoms with E-state index in [1.807, 2.05) is 13.8 Å². The number of carboxylic acids is 1. The summed E-state index contributed by atoms with van der Waals surface area (Å²) in [6, 6.07) is -0.767. The first kappa shape index (κ1) is 14.0. The topological polar surface area (TPSA) is 66.4 Å². The maximum absolute atomic E-state index is 12.1. The van der Waals surface area contributed by atoms with Gasteiger partial charge in [-0.25, -0.2) is 4.79 Å². The van der Waals surface area contributed by atoms with Crippen molar-refractivity contribution >= 4 is 11.9 Å². The van der Waals surface area contributed by atoms with Crippen LogP contribution >= 0.6 is 0 Å². The van der Waals surface area contributed by atoms with Crippen LogP contribution in [0.5, 0.6) is 0 Å². The molecule has 1 rings (SSSR count). The summed E-state index contributed by atoms with van der Waals surface area (Å²) in [7, 11) is 0. The molecule has 1 saturated carbocycles. The van der Waals surface area contributed by atoms with Crippen molar-refractivity contribution in [2.24, 2.45) is 17.8 Å². The van der Waals surface area contributed by atoms with Gasteiger partial charge in [-0.05, 0) is 24.7 Å². The third-order valence-corrected chi connectivity index (χ3v) is 3.68. The quantitative estimate of drug-likeness (QED) is 0.791. The van der Waals surface area contributed by atoms with Crippen molar-refractivity contribution in [2.45, 2.75) is 52.5 Å². The summed E-state index contributed by atoms with van der Waals surface area (Å²) < 4.78 is 0. The maximum Gasteiger partial charge on any atom is 0.326 e. The molecule has 0 spiro atoms. The minimum absolute atomic E-state index is 0.00986. The minimum Gasteiger partial charge on any atom is -0.480 e. The molecule has 0 radical (unpaired) electrons. The first-order chi connectivity index (χ1) is 7.93. The molecule has 4 nitrogen and oxygen atoms in total. The lowest BCUT2D eigenvalue weighted by molar-refractivity contribution is -0.144. The zero-order chi connectivity index (χ0) is 13.0. The number of hydrogen-bond donors (Lipinski definition) is 2. The largest absolute Gasteiger partial charge is 0.480 e. The second-order valence-electron chi connectivity index (χ2n) is 5.44. The van der Waals surface area contributed by atoms with Gasteiger partial charge in [0, 0.05) is 5.92 Å². The van der Waals surface area contributed by atoms with Gasteiger partial charge in [-0.3, -0.25) is 4.79 Å². The van der Waals surface area contributed by atoms with Gasteiger partial charge in [-0.2, -0.15) is 0 Å². The zero-order valence-electron chi connectivity index (χ0n) is 10.9. The molecule has 0 aromatic carbocycles. The monoisotopic (exact) mass is 241 g/mol. The van der Waals surface area contributed by atoms with E-state index in [1.54, 1.807) is 0 Å². The van der Waals surface area contributed by atoms with Gasteiger partial charge in [0.15, 0.2) is 0 Å². The SMILES string of the molecule is CC(C)[C@H](NC(=O)[C@H]1CCCC[C@H]1C)C(=O)O. The van der Waals surface area contributed by atoms with E-state index in [2.05, 4.69) is 12.2 Å². The normalized spacial score (nSPS) is 26.6. The average Bonchev–Trinajstić information content (AvgIpc) is 2.25. The summed E-state index contributed by atoms with van der Waals surface area (Å²) in [5, 5.41) is 11.7. The number of nitrogens with one attached hydrogen (secondary N) is 1. The lowest BCUT2D eigenvalue weighted by atomic mass is 9.79. The molecule has 4 heteroatoms. The minimum atomic E-state index is -0.947. The van der Waals surface area contributed by atoms with Crippen molar-refractivity contribution in [3.05, 3.63) is 0 Å². The highest BCUT2D eigenvalue weighted by Gasteiger charge is 2.31. The van der Waals surface area contributed by atoms with Crippen molar-refractivity contribution in [1.82, 2.24) is 5.32 Å². The van der Waals surface area contributed by atoms with Gasteiger partial charge < -0.3 is 10.4 Å². The molecule has 0 aromatic heterocycles. The molecule has 1 amide bonds. The van der Waals surface area contributed by atoms with E-state index in [9.17, 15) is 9.59 Å². The maximum atomic E-state index is 12.1. The molecule has 0 saturated heterocycles. The summed E-state index contributed by atoms with van der Waals surface area (Å²) in [5.41, 5.74) is 0. The number of aliphatic carboxylic acids is 1.